The van der Waals surface area contributed by atoms with Crippen LogP contribution in [0.5, 0.6) is 11.5 Å². The number of benzene rings is 2. The highest BCUT2D eigenvalue weighted by Crippen LogP contribution is 2.55. The molecule has 0 fully saturated rings. The van der Waals surface area contributed by atoms with E-state index in [-0.39, 0.29) is 24.2 Å². The summed E-state index contributed by atoms with van der Waals surface area (Å²) in [6, 6.07) is 7.93. The summed E-state index contributed by atoms with van der Waals surface area (Å²) in [6.45, 7) is 7.10. The molecular formula is C21H27O7P. The maximum Gasteiger partial charge on any atom is 0.368 e. The van der Waals surface area contributed by atoms with E-state index in [1.54, 1.807) is 32.0 Å². The van der Waals surface area contributed by atoms with Crippen LogP contribution < -0.4 is 4.74 Å². The molecule has 0 aliphatic carbocycles. The van der Waals surface area contributed by atoms with Crippen molar-refractivity contribution in [1.82, 2.24) is 0 Å². The molecule has 0 amide bonds. The Morgan fingerprint density at radius 3 is 2.07 bits per heavy atom. The number of carboxylic acid groups (broad SMARTS) is 1. The lowest BCUT2D eigenvalue weighted by atomic mass is 9.94. The molecular weight excluding hydrogens is 395 g/mol. The zero-order valence-electron chi connectivity index (χ0n) is 17.0. The Morgan fingerprint density at radius 1 is 1.07 bits per heavy atom. The molecule has 8 heteroatoms. The second-order valence-corrected chi connectivity index (χ2v) is 9.07. The van der Waals surface area contributed by atoms with Gasteiger partial charge < -0.3 is 24.7 Å². The van der Waals surface area contributed by atoms with Gasteiger partial charge in [0.1, 0.15) is 17.1 Å². The average molecular weight is 422 g/mol. The number of hydrogen-bond acceptors (Lipinski definition) is 4. The Bertz CT molecular complexity index is 934. The lowest BCUT2D eigenvalue weighted by Gasteiger charge is -2.33. The monoisotopic (exact) mass is 422 g/mol. The van der Waals surface area contributed by atoms with E-state index in [4.69, 9.17) is 4.74 Å². The van der Waals surface area contributed by atoms with Crippen molar-refractivity contribution in [3.8, 4) is 11.5 Å². The number of carbonyl (C=O) groups is 1. The van der Waals surface area contributed by atoms with E-state index in [1.807, 2.05) is 13.8 Å². The van der Waals surface area contributed by atoms with E-state index in [0.29, 0.717) is 12.2 Å². The van der Waals surface area contributed by atoms with Gasteiger partial charge in [0.15, 0.2) is 0 Å². The molecule has 0 saturated carbocycles. The average Bonchev–Trinajstić information content (AvgIpc) is 2.62. The molecule has 2 aromatic rings. The smallest absolute Gasteiger partial charge is 0.368 e. The topological polar surface area (TPSA) is 124 Å². The van der Waals surface area contributed by atoms with Gasteiger partial charge >= 0.3 is 13.6 Å². The van der Waals surface area contributed by atoms with Gasteiger partial charge in [-0.2, -0.15) is 0 Å². The van der Waals surface area contributed by atoms with Crippen molar-refractivity contribution < 1.29 is 34.1 Å². The molecule has 29 heavy (non-hydrogen) atoms. The van der Waals surface area contributed by atoms with Crippen LogP contribution in [0.3, 0.4) is 0 Å². The van der Waals surface area contributed by atoms with Crippen molar-refractivity contribution in [1.29, 1.82) is 0 Å². The summed E-state index contributed by atoms with van der Waals surface area (Å²) >= 11 is 0. The molecule has 0 heterocycles. The fourth-order valence-corrected chi connectivity index (χ4v) is 4.49. The van der Waals surface area contributed by atoms with Gasteiger partial charge in [-0.1, -0.05) is 19.9 Å². The van der Waals surface area contributed by atoms with Crippen LogP contribution >= 0.6 is 7.60 Å². The first kappa shape index (κ1) is 22.9. The highest BCUT2D eigenvalue weighted by Gasteiger charge is 2.46. The van der Waals surface area contributed by atoms with Gasteiger partial charge in [-0.05, 0) is 79.6 Å². The molecule has 7 nitrogen and oxygen atoms in total. The predicted octanol–water partition coefficient (Wildman–Crippen LogP) is 4.37. The SMILES string of the molecule is CCC(CC)(Oc1cc(C)c(Cc2ccc(O)c(C(=O)O)c2)c(C)c1)P(=O)(O)O. The van der Waals surface area contributed by atoms with Crippen LogP contribution in [0.1, 0.15) is 59.3 Å². The molecule has 4 N–H and O–H groups in total. The molecule has 0 aliphatic heterocycles. The summed E-state index contributed by atoms with van der Waals surface area (Å²) in [4.78, 5) is 30.8. The highest BCUT2D eigenvalue weighted by molar-refractivity contribution is 7.53. The standard InChI is InChI=1S/C21H27O7P/c1-5-21(6-2,29(25,26)27)28-16-9-13(3)17(14(4)10-16)11-15-7-8-19(22)18(12-15)20(23)24/h7-10,12,22H,5-6,11H2,1-4H3,(H,23,24)(H2,25,26,27). The number of aromatic hydroxyl groups is 1. The molecule has 0 bridgehead atoms. The molecule has 0 radical (unpaired) electrons. The van der Waals surface area contributed by atoms with Crippen molar-refractivity contribution in [2.75, 3.05) is 0 Å². The van der Waals surface area contributed by atoms with Gasteiger partial charge in [0.2, 0.25) is 5.34 Å². The van der Waals surface area contributed by atoms with Crippen LogP contribution in [-0.4, -0.2) is 31.3 Å². The van der Waals surface area contributed by atoms with Gasteiger partial charge in [-0.15, -0.1) is 0 Å². The van der Waals surface area contributed by atoms with E-state index >= 15 is 0 Å². The Balaban J connectivity index is 2.39. The second-order valence-electron chi connectivity index (χ2n) is 7.17. The van der Waals surface area contributed by atoms with Crippen LogP contribution in [0.15, 0.2) is 30.3 Å². The molecule has 2 rings (SSSR count). The number of phenols is 1. The molecule has 0 saturated heterocycles. The van der Waals surface area contributed by atoms with Crippen LogP contribution in [0.25, 0.3) is 0 Å². The molecule has 0 unspecified atom stereocenters. The molecule has 0 aromatic heterocycles. The third-order valence-corrected chi connectivity index (χ3v) is 7.07. The summed E-state index contributed by atoms with van der Waals surface area (Å²) in [5, 5.41) is 17.3. The molecule has 0 spiro atoms. The Hall–Kier alpha value is -2.34. The van der Waals surface area contributed by atoms with Gasteiger partial charge in [0, 0.05) is 0 Å². The number of hydrogen-bond donors (Lipinski definition) is 4. The molecule has 0 aliphatic rings. The van der Waals surface area contributed by atoms with E-state index in [2.05, 4.69) is 0 Å². The van der Waals surface area contributed by atoms with Crippen LogP contribution in [0, 0.1) is 13.8 Å². The highest BCUT2D eigenvalue weighted by atomic mass is 31.2. The quantitative estimate of drug-likeness (QED) is 0.466. The van der Waals surface area contributed by atoms with E-state index in [9.17, 15) is 29.4 Å². The first-order valence-electron chi connectivity index (χ1n) is 9.34. The largest absolute Gasteiger partial charge is 0.507 e. The van der Waals surface area contributed by atoms with E-state index < -0.39 is 18.9 Å². The van der Waals surface area contributed by atoms with Gasteiger partial charge in [-0.3, -0.25) is 4.57 Å². The first-order chi connectivity index (χ1) is 13.4. The van der Waals surface area contributed by atoms with Gasteiger partial charge in [-0.25, -0.2) is 4.79 Å². The lowest BCUT2D eigenvalue weighted by Crippen LogP contribution is -2.34. The van der Waals surface area contributed by atoms with Crippen molar-refractivity contribution in [3.63, 3.8) is 0 Å². The minimum absolute atomic E-state index is 0.157. The van der Waals surface area contributed by atoms with Gasteiger partial charge in [0.05, 0.1) is 0 Å². The van der Waals surface area contributed by atoms with Crippen molar-refractivity contribution in [3.05, 3.63) is 58.1 Å². The molecule has 0 atom stereocenters. The third-order valence-electron chi connectivity index (χ3n) is 5.29. The lowest BCUT2D eigenvalue weighted by molar-refractivity contribution is 0.0693. The van der Waals surface area contributed by atoms with Crippen LogP contribution in [-0.2, 0) is 11.0 Å². The minimum Gasteiger partial charge on any atom is -0.507 e. The number of aromatic carboxylic acids is 1. The first-order valence-corrected chi connectivity index (χ1v) is 10.9. The minimum atomic E-state index is -4.49. The normalized spacial score (nSPS) is 12.1. The summed E-state index contributed by atoms with van der Waals surface area (Å²) in [5.74, 6) is -1.10. The van der Waals surface area contributed by atoms with Crippen molar-refractivity contribution in [2.24, 2.45) is 0 Å². The zero-order chi connectivity index (χ0) is 22.0. The second kappa shape index (κ2) is 8.57. The predicted molar refractivity (Wildman–Crippen MR) is 110 cm³/mol. The van der Waals surface area contributed by atoms with Gasteiger partial charge in [0.25, 0.3) is 0 Å². The van der Waals surface area contributed by atoms with E-state index in [0.717, 1.165) is 22.3 Å². The maximum atomic E-state index is 12.0. The zero-order valence-corrected chi connectivity index (χ0v) is 17.9. The van der Waals surface area contributed by atoms with Crippen LogP contribution in [0.2, 0.25) is 0 Å². The summed E-state index contributed by atoms with van der Waals surface area (Å²) in [6.07, 6.45) is 0.780. The summed E-state index contributed by atoms with van der Waals surface area (Å²) in [5.41, 5.74) is 3.24. The number of ether oxygens (including phenoxy) is 1. The Kier molecular flexibility index (Phi) is 6.78. The number of carboxylic acids is 1. The fourth-order valence-electron chi connectivity index (χ4n) is 3.45. The van der Waals surface area contributed by atoms with E-state index in [1.165, 1.54) is 12.1 Å². The Morgan fingerprint density at radius 2 is 1.62 bits per heavy atom. The number of rotatable bonds is 8. The molecule has 2 aromatic carbocycles. The van der Waals surface area contributed by atoms with Crippen LogP contribution in [0.4, 0.5) is 0 Å². The van der Waals surface area contributed by atoms with Crippen molar-refractivity contribution >= 4 is 13.6 Å². The number of aryl methyl sites for hydroxylation is 2. The maximum absolute atomic E-state index is 12.0. The fraction of sp³-hybridized carbons (Fsp3) is 0.381. The molecule has 158 valence electrons. The summed E-state index contributed by atoms with van der Waals surface area (Å²) in [7, 11) is -4.49. The summed E-state index contributed by atoms with van der Waals surface area (Å²) < 4.78 is 17.8. The third kappa shape index (κ3) is 4.81. The Labute approximate surface area is 170 Å². The van der Waals surface area contributed by atoms with Crippen molar-refractivity contribution in [2.45, 2.75) is 52.3 Å².